The lowest BCUT2D eigenvalue weighted by atomic mass is 10.0. The monoisotopic (exact) mass is 469 g/mol. The van der Waals surface area contributed by atoms with E-state index in [-0.39, 0.29) is 18.8 Å². The number of esters is 1. The Labute approximate surface area is 202 Å². The summed E-state index contributed by atoms with van der Waals surface area (Å²) < 4.78 is 5.22. The van der Waals surface area contributed by atoms with Gasteiger partial charge in [0.25, 0.3) is 0 Å². The predicted molar refractivity (Wildman–Crippen MR) is 135 cm³/mol. The Balaban J connectivity index is 3.48. The number of unbranched alkanes of at least 4 members (excludes halogenated alkanes) is 15. The van der Waals surface area contributed by atoms with Gasteiger partial charge < -0.3 is 21.5 Å². The average Bonchev–Trinajstić information content (AvgIpc) is 2.78. The van der Waals surface area contributed by atoms with Crippen molar-refractivity contribution < 1.29 is 19.1 Å². The zero-order valence-electron chi connectivity index (χ0n) is 21.4. The van der Waals surface area contributed by atoms with Crippen LogP contribution in [-0.2, 0) is 19.1 Å². The van der Waals surface area contributed by atoms with E-state index in [0.717, 1.165) is 12.8 Å². The lowest BCUT2D eigenvalue weighted by molar-refractivity contribution is -0.144. The zero-order chi connectivity index (χ0) is 24.7. The average molecular weight is 470 g/mol. The standard InChI is InChI=1S/C26H51N3O4/c1-3-4-5-6-7-8-9-10-11-12-13-14-15-16-17-18-21-33-24(30)20-19-23(25(28)31)29-26(32)22(2)27/h22-23H,3-21,27H2,1-2H3,(H2,28,31)(H,29,32)/t22-,23+/m1/s1. The maximum atomic E-state index is 11.8. The van der Waals surface area contributed by atoms with E-state index < -0.39 is 23.9 Å². The molecule has 0 aliphatic heterocycles. The van der Waals surface area contributed by atoms with Crippen LogP contribution in [-0.4, -0.2) is 36.5 Å². The van der Waals surface area contributed by atoms with Crippen molar-refractivity contribution in [1.82, 2.24) is 5.32 Å². The number of carbonyl (C=O) groups is 3. The minimum Gasteiger partial charge on any atom is -0.466 e. The quantitative estimate of drug-likeness (QED) is 0.145. The summed E-state index contributed by atoms with van der Waals surface area (Å²) in [4.78, 5) is 34.8. The third kappa shape index (κ3) is 20.7. The van der Waals surface area contributed by atoms with E-state index in [1.165, 1.54) is 96.8 Å². The molecule has 0 saturated heterocycles. The Morgan fingerprint density at radius 2 is 1.18 bits per heavy atom. The molecule has 0 aliphatic rings. The maximum absolute atomic E-state index is 11.8. The second kappa shape index (κ2) is 22.2. The molecule has 2 amide bonds. The molecule has 0 aromatic carbocycles. The predicted octanol–water partition coefficient (Wildman–Crippen LogP) is 4.89. The van der Waals surface area contributed by atoms with Gasteiger partial charge in [-0.1, -0.05) is 103 Å². The molecule has 0 aliphatic carbocycles. The van der Waals surface area contributed by atoms with Crippen LogP contribution in [0, 0.1) is 0 Å². The van der Waals surface area contributed by atoms with Gasteiger partial charge in [-0.3, -0.25) is 14.4 Å². The Hall–Kier alpha value is -1.63. The molecular formula is C26H51N3O4. The molecule has 0 bridgehead atoms. The molecule has 0 rings (SSSR count). The molecule has 5 N–H and O–H groups in total. The van der Waals surface area contributed by atoms with E-state index in [2.05, 4.69) is 12.2 Å². The van der Waals surface area contributed by atoms with Gasteiger partial charge in [0.2, 0.25) is 11.8 Å². The molecule has 0 saturated carbocycles. The molecule has 0 aromatic rings. The summed E-state index contributed by atoms with van der Waals surface area (Å²) >= 11 is 0. The van der Waals surface area contributed by atoms with E-state index in [9.17, 15) is 14.4 Å². The first-order valence-corrected chi connectivity index (χ1v) is 13.4. The van der Waals surface area contributed by atoms with Gasteiger partial charge in [-0.05, 0) is 19.8 Å². The summed E-state index contributed by atoms with van der Waals surface area (Å²) in [5.74, 6) is -1.54. The molecule has 0 fully saturated rings. The van der Waals surface area contributed by atoms with E-state index in [1.807, 2.05) is 0 Å². The van der Waals surface area contributed by atoms with Crippen molar-refractivity contribution in [2.24, 2.45) is 11.5 Å². The fourth-order valence-corrected chi connectivity index (χ4v) is 3.76. The molecule has 0 unspecified atom stereocenters. The van der Waals surface area contributed by atoms with Crippen molar-refractivity contribution in [2.45, 2.75) is 142 Å². The van der Waals surface area contributed by atoms with Crippen molar-refractivity contribution in [2.75, 3.05) is 6.61 Å². The highest BCUT2D eigenvalue weighted by Gasteiger charge is 2.21. The van der Waals surface area contributed by atoms with Crippen LogP contribution in [0.2, 0.25) is 0 Å². The first kappa shape index (κ1) is 31.4. The highest BCUT2D eigenvalue weighted by atomic mass is 16.5. The number of amides is 2. The fourth-order valence-electron chi connectivity index (χ4n) is 3.76. The summed E-state index contributed by atoms with van der Waals surface area (Å²) in [6.07, 6.45) is 20.9. The number of primary amides is 1. The van der Waals surface area contributed by atoms with Gasteiger partial charge >= 0.3 is 5.97 Å². The van der Waals surface area contributed by atoms with Crippen molar-refractivity contribution in [3.63, 3.8) is 0 Å². The van der Waals surface area contributed by atoms with Gasteiger partial charge in [0, 0.05) is 6.42 Å². The molecule has 7 nitrogen and oxygen atoms in total. The minimum atomic E-state index is -0.911. The van der Waals surface area contributed by atoms with Crippen molar-refractivity contribution in [3.8, 4) is 0 Å². The second-order valence-corrected chi connectivity index (χ2v) is 9.31. The normalized spacial score (nSPS) is 12.8. The van der Waals surface area contributed by atoms with Gasteiger partial charge in [0.05, 0.1) is 12.6 Å². The lowest BCUT2D eigenvalue weighted by Gasteiger charge is -2.16. The topological polar surface area (TPSA) is 125 Å². The summed E-state index contributed by atoms with van der Waals surface area (Å²) in [5.41, 5.74) is 10.7. The third-order valence-electron chi connectivity index (χ3n) is 5.97. The Kier molecular flexibility index (Phi) is 21.1. The molecule has 33 heavy (non-hydrogen) atoms. The highest BCUT2D eigenvalue weighted by Crippen LogP contribution is 2.13. The van der Waals surface area contributed by atoms with Gasteiger partial charge in [-0.2, -0.15) is 0 Å². The number of nitrogens with one attached hydrogen (secondary N) is 1. The molecule has 0 aromatic heterocycles. The van der Waals surface area contributed by atoms with E-state index in [1.54, 1.807) is 0 Å². The van der Waals surface area contributed by atoms with Crippen LogP contribution in [0.4, 0.5) is 0 Å². The zero-order valence-corrected chi connectivity index (χ0v) is 21.4. The SMILES string of the molecule is CCCCCCCCCCCCCCCCCCOC(=O)CC[C@H](NC(=O)[C@@H](C)N)C(N)=O. The van der Waals surface area contributed by atoms with Gasteiger partial charge in [0.15, 0.2) is 0 Å². The Morgan fingerprint density at radius 1 is 0.758 bits per heavy atom. The van der Waals surface area contributed by atoms with Gasteiger partial charge in [0.1, 0.15) is 6.04 Å². The highest BCUT2D eigenvalue weighted by molar-refractivity contribution is 5.89. The van der Waals surface area contributed by atoms with Crippen LogP contribution < -0.4 is 16.8 Å². The van der Waals surface area contributed by atoms with E-state index in [4.69, 9.17) is 16.2 Å². The molecule has 0 radical (unpaired) electrons. The lowest BCUT2D eigenvalue weighted by Crippen LogP contribution is -2.49. The first-order chi connectivity index (χ1) is 15.9. The largest absolute Gasteiger partial charge is 0.466 e. The van der Waals surface area contributed by atoms with Crippen LogP contribution in [0.25, 0.3) is 0 Å². The molecule has 2 atom stereocenters. The molecule has 194 valence electrons. The van der Waals surface area contributed by atoms with Crippen LogP contribution in [0.1, 0.15) is 129 Å². The number of nitrogens with two attached hydrogens (primary N) is 2. The Bertz CT molecular complexity index is 512. The number of ether oxygens (including phenoxy) is 1. The van der Waals surface area contributed by atoms with Crippen LogP contribution in [0.15, 0.2) is 0 Å². The molecule has 0 spiro atoms. The van der Waals surface area contributed by atoms with E-state index in [0.29, 0.717) is 6.61 Å². The first-order valence-electron chi connectivity index (χ1n) is 13.4. The number of rotatable bonds is 23. The maximum Gasteiger partial charge on any atom is 0.305 e. The number of carbonyl (C=O) groups excluding carboxylic acids is 3. The van der Waals surface area contributed by atoms with E-state index >= 15 is 0 Å². The third-order valence-corrected chi connectivity index (χ3v) is 5.97. The second-order valence-electron chi connectivity index (χ2n) is 9.31. The molecule has 7 heteroatoms. The van der Waals surface area contributed by atoms with Crippen LogP contribution in [0.5, 0.6) is 0 Å². The summed E-state index contributed by atoms with van der Waals surface area (Å²) in [6.45, 7) is 4.17. The van der Waals surface area contributed by atoms with Crippen LogP contribution in [0.3, 0.4) is 0 Å². The summed E-state index contributed by atoms with van der Waals surface area (Å²) in [6, 6.07) is -1.65. The van der Waals surface area contributed by atoms with Crippen molar-refractivity contribution in [1.29, 1.82) is 0 Å². The number of hydrogen-bond acceptors (Lipinski definition) is 5. The summed E-state index contributed by atoms with van der Waals surface area (Å²) in [5, 5.41) is 2.45. The number of hydrogen-bond donors (Lipinski definition) is 3. The smallest absolute Gasteiger partial charge is 0.305 e. The Morgan fingerprint density at radius 3 is 1.58 bits per heavy atom. The molecule has 0 heterocycles. The van der Waals surface area contributed by atoms with Crippen molar-refractivity contribution in [3.05, 3.63) is 0 Å². The minimum absolute atomic E-state index is 0.0334. The fraction of sp³-hybridized carbons (Fsp3) is 0.885. The van der Waals surface area contributed by atoms with Crippen LogP contribution >= 0.6 is 0 Å². The van der Waals surface area contributed by atoms with Gasteiger partial charge in [-0.25, -0.2) is 0 Å². The van der Waals surface area contributed by atoms with Crippen molar-refractivity contribution >= 4 is 17.8 Å². The summed E-state index contributed by atoms with van der Waals surface area (Å²) in [7, 11) is 0. The van der Waals surface area contributed by atoms with Gasteiger partial charge in [-0.15, -0.1) is 0 Å². The molecular weight excluding hydrogens is 418 g/mol.